The second-order valence-corrected chi connectivity index (χ2v) is 7.37. The second-order valence-electron chi connectivity index (χ2n) is 7.37. The molecule has 2 aliphatic heterocycles. The number of nitrogens with one attached hydrogen (secondary N) is 1. The zero-order valence-corrected chi connectivity index (χ0v) is 17.2. The van der Waals surface area contributed by atoms with Gasteiger partial charge >= 0.3 is 6.03 Å². The lowest BCUT2D eigenvalue weighted by Crippen LogP contribution is -2.71. The van der Waals surface area contributed by atoms with Gasteiger partial charge in [-0.05, 0) is 39.5 Å². The molecule has 28 heavy (non-hydrogen) atoms. The van der Waals surface area contributed by atoms with Crippen molar-refractivity contribution >= 4 is 17.8 Å². The van der Waals surface area contributed by atoms with E-state index in [2.05, 4.69) is 5.32 Å². The zero-order chi connectivity index (χ0) is 20.7. The molecule has 0 aliphatic carbocycles. The number of carbonyl (C=O) groups excluding carboxylic acids is 3. The molecule has 0 radical (unpaired) electrons. The van der Waals surface area contributed by atoms with Crippen LogP contribution in [0.4, 0.5) is 4.79 Å². The van der Waals surface area contributed by atoms with Gasteiger partial charge in [0.15, 0.2) is 0 Å². The zero-order valence-electron chi connectivity index (χ0n) is 17.2. The quantitative estimate of drug-likeness (QED) is 0.594. The Bertz CT molecular complexity index is 552. The van der Waals surface area contributed by atoms with Crippen molar-refractivity contribution in [2.45, 2.75) is 77.3 Å². The van der Waals surface area contributed by atoms with Crippen molar-refractivity contribution in [3.8, 4) is 0 Å². The van der Waals surface area contributed by atoms with Crippen molar-refractivity contribution in [1.29, 1.82) is 0 Å². The summed E-state index contributed by atoms with van der Waals surface area (Å²) >= 11 is 0. The number of nitrogens with two attached hydrogens (primary N) is 1. The van der Waals surface area contributed by atoms with Crippen molar-refractivity contribution in [3.63, 3.8) is 0 Å². The van der Waals surface area contributed by atoms with Crippen molar-refractivity contribution in [3.05, 3.63) is 0 Å². The number of hydrogen-bond acceptors (Lipinski definition) is 6. The molecular weight excluding hydrogens is 364 g/mol. The molecule has 4 unspecified atom stereocenters. The molecule has 9 heteroatoms. The smallest absolute Gasteiger partial charge is 0.325 e. The summed E-state index contributed by atoms with van der Waals surface area (Å²) in [5, 5.41) is 2.32. The highest BCUT2D eigenvalue weighted by atomic mass is 16.5. The normalized spacial score (nSPS) is 26.7. The molecule has 0 aromatic heterocycles. The van der Waals surface area contributed by atoms with Gasteiger partial charge in [-0.25, -0.2) is 4.79 Å². The largest absolute Gasteiger partial charge is 0.376 e. The van der Waals surface area contributed by atoms with Gasteiger partial charge in [0.2, 0.25) is 0 Å². The Morgan fingerprint density at radius 1 is 1.39 bits per heavy atom. The lowest BCUT2D eigenvalue weighted by atomic mass is 10.1. The molecule has 9 nitrogen and oxygen atoms in total. The van der Waals surface area contributed by atoms with Gasteiger partial charge in [0.25, 0.3) is 11.8 Å². The van der Waals surface area contributed by atoms with Gasteiger partial charge in [0.1, 0.15) is 18.3 Å². The fourth-order valence-electron chi connectivity index (χ4n) is 3.60. The van der Waals surface area contributed by atoms with E-state index in [1.807, 2.05) is 6.92 Å². The summed E-state index contributed by atoms with van der Waals surface area (Å²) in [6.45, 7) is 7.23. The summed E-state index contributed by atoms with van der Waals surface area (Å²) < 4.78 is 11.4. The number of unbranched alkanes of at least 4 members (excludes halogenated alkanes) is 1. The van der Waals surface area contributed by atoms with E-state index in [9.17, 15) is 14.4 Å². The van der Waals surface area contributed by atoms with E-state index in [0.29, 0.717) is 13.2 Å². The highest BCUT2D eigenvalue weighted by Crippen LogP contribution is 2.18. The number of hydrogen-bond donors (Lipinski definition) is 2. The Morgan fingerprint density at radius 2 is 2.14 bits per heavy atom. The number of nitrogens with zero attached hydrogens (tertiary/aromatic N) is 2. The van der Waals surface area contributed by atoms with Crippen LogP contribution in [0.25, 0.3) is 0 Å². The predicted octanol–water partition coefficient (Wildman–Crippen LogP) is 0.814. The summed E-state index contributed by atoms with van der Waals surface area (Å²) in [5.74, 6) is -0.873. The Hall–Kier alpha value is -1.71. The molecule has 160 valence electrons. The monoisotopic (exact) mass is 398 g/mol. The standard InChI is InChI=1S/C19H34N4O5/c1-4-6-10-23-16(20)15(17(24)21-19(23)26)22(5-2)18(25)13(3)28-12-14-9-7-8-11-27-14/h13-16H,4-12,20H2,1-3H3,(H,21,24,26). The lowest BCUT2D eigenvalue weighted by Gasteiger charge is -2.43. The third-order valence-electron chi connectivity index (χ3n) is 5.31. The topological polar surface area (TPSA) is 114 Å². The minimum atomic E-state index is -0.941. The first kappa shape index (κ1) is 22.6. The van der Waals surface area contributed by atoms with E-state index >= 15 is 0 Å². The van der Waals surface area contributed by atoms with Gasteiger partial charge in [-0.3, -0.25) is 14.9 Å². The molecule has 0 aromatic rings. The highest BCUT2D eigenvalue weighted by Gasteiger charge is 2.44. The summed E-state index contributed by atoms with van der Waals surface area (Å²) in [6.07, 6.45) is 3.11. The Balaban J connectivity index is 2.02. The molecule has 0 aromatic carbocycles. The first-order valence-corrected chi connectivity index (χ1v) is 10.3. The highest BCUT2D eigenvalue weighted by molar-refractivity contribution is 6.02. The maximum absolute atomic E-state index is 13.0. The summed E-state index contributed by atoms with van der Waals surface area (Å²) in [4.78, 5) is 40.4. The summed E-state index contributed by atoms with van der Waals surface area (Å²) in [7, 11) is 0. The first-order valence-electron chi connectivity index (χ1n) is 10.3. The minimum absolute atomic E-state index is 0.00136. The predicted molar refractivity (Wildman–Crippen MR) is 103 cm³/mol. The van der Waals surface area contributed by atoms with Crippen LogP contribution in [-0.4, -0.2) is 78.4 Å². The van der Waals surface area contributed by atoms with Crippen LogP contribution in [0, 0.1) is 0 Å². The molecule has 4 atom stereocenters. The third-order valence-corrected chi connectivity index (χ3v) is 5.31. The van der Waals surface area contributed by atoms with Gasteiger partial charge in [0, 0.05) is 19.7 Å². The van der Waals surface area contributed by atoms with Crippen molar-refractivity contribution < 1.29 is 23.9 Å². The number of rotatable bonds is 9. The molecule has 2 saturated heterocycles. The van der Waals surface area contributed by atoms with E-state index in [1.54, 1.807) is 13.8 Å². The van der Waals surface area contributed by atoms with Crippen LogP contribution in [0.15, 0.2) is 0 Å². The number of imide groups is 1. The number of carbonyl (C=O) groups is 3. The Labute approximate surface area is 166 Å². The molecule has 0 spiro atoms. The Kier molecular flexibility index (Phi) is 8.65. The number of amides is 4. The molecule has 3 N–H and O–H groups in total. The lowest BCUT2D eigenvalue weighted by molar-refractivity contribution is -0.154. The van der Waals surface area contributed by atoms with Crippen LogP contribution in [0.2, 0.25) is 0 Å². The van der Waals surface area contributed by atoms with Crippen molar-refractivity contribution in [2.24, 2.45) is 5.73 Å². The second kappa shape index (κ2) is 10.7. The van der Waals surface area contributed by atoms with E-state index < -0.39 is 30.2 Å². The SMILES string of the molecule is CCCCN1C(=O)NC(=O)C(N(CC)C(=O)C(C)OCC2CCCCO2)C1N. The van der Waals surface area contributed by atoms with Crippen LogP contribution in [0.3, 0.4) is 0 Å². The molecule has 2 fully saturated rings. The van der Waals surface area contributed by atoms with Crippen LogP contribution in [0.1, 0.15) is 52.9 Å². The fourth-order valence-corrected chi connectivity index (χ4v) is 3.60. The number of ether oxygens (including phenoxy) is 2. The molecule has 2 rings (SSSR count). The molecule has 0 saturated carbocycles. The number of urea groups is 1. The van der Waals surface area contributed by atoms with Crippen LogP contribution >= 0.6 is 0 Å². The van der Waals surface area contributed by atoms with Crippen molar-refractivity contribution in [1.82, 2.24) is 15.1 Å². The molecular formula is C19H34N4O5. The summed E-state index contributed by atoms with van der Waals surface area (Å²) in [6, 6.07) is -1.45. The molecule has 2 aliphatic rings. The molecule has 2 heterocycles. The third kappa shape index (κ3) is 5.42. The van der Waals surface area contributed by atoms with E-state index in [-0.39, 0.29) is 18.6 Å². The van der Waals surface area contributed by atoms with Crippen LogP contribution < -0.4 is 11.1 Å². The fraction of sp³-hybridized carbons (Fsp3) is 0.842. The van der Waals surface area contributed by atoms with Gasteiger partial charge in [0.05, 0.1) is 12.7 Å². The van der Waals surface area contributed by atoms with Crippen LogP contribution in [0.5, 0.6) is 0 Å². The van der Waals surface area contributed by atoms with E-state index in [0.717, 1.165) is 38.7 Å². The number of likely N-dealkylation sites (N-methyl/N-ethyl adjacent to an activating group) is 1. The molecule has 0 bridgehead atoms. The van der Waals surface area contributed by atoms with E-state index in [1.165, 1.54) is 9.80 Å². The van der Waals surface area contributed by atoms with Gasteiger partial charge < -0.3 is 25.0 Å². The van der Waals surface area contributed by atoms with Crippen molar-refractivity contribution in [2.75, 3.05) is 26.3 Å². The molecule has 4 amide bonds. The van der Waals surface area contributed by atoms with Crippen LogP contribution in [-0.2, 0) is 19.1 Å². The maximum Gasteiger partial charge on any atom is 0.325 e. The maximum atomic E-state index is 13.0. The average molecular weight is 399 g/mol. The van der Waals surface area contributed by atoms with Gasteiger partial charge in [-0.2, -0.15) is 0 Å². The first-order chi connectivity index (χ1) is 13.4. The Morgan fingerprint density at radius 3 is 2.75 bits per heavy atom. The minimum Gasteiger partial charge on any atom is -0.376 e. The summed E-state index contributed by atoms with van der Waals surface area (Å²) in [5.41, 5.74) is 6.24. The van der Waals surface area contributed by atoms with E-state index in [4.69, 9.17) is 15.2 Å². The average Bonchev–Trinajstić information content (AvgIpc) is 2.69. The van der Waals surface area contributed by atoms with Gasteiger partial charge in [-0.1, -0.05) is 13.3 Å². The van der Waals surface area contributed by atoms with Gasteiger partial charge in [-0.15, -0.1) is 0 Å².